The summed E-state index contributed by atoms with van der Waals surface area (Å²) in [6, 6.07) is 11.1. The summed E-state index contributed by atoms with van der Waals surface area (Å²) in [5.74, 6) is 0.0423. The molecule has 0 unspecified atom stereocenters. The maximum Gasteiger partial charge on any atom is 0.295 e. The summed E-state index contributed by atoms with van der Waals surface area (Å²) in [6.45, 7) is 0. The molecule has 0 saturated carbocycles. The van der Waals surface area contributed by atoms with Gasteiger partial charge >= 0.3 is 0 Å². The van der Waals surface area contributed by atoms with Gasteiger partial charge in [0.15, 0.2) is 0 Å². The predicted octanol–water partition coefficient (Wildman–Crippen LogP) is 1.98. The Balaban J connectivity index is 2.26. The Morgan fingerprint density at radius 3 is 2.00 bits per heavy atom. The Hall–Kier alpha value is -3.19. The van der Waals surface area contributed by atoms with Crippen LogP contribution in [0.25, 0.3) is 11.8 Å². The van der Waals surface area contributed by atoms with Gasteiger partial charge in [-0.25, -0.2) is 15.0 Å². The van der Waals surface area contributed by atoms with E-state index in [0.29, 0.717) is 0 Å². The molecule has 10 nitrogen and oxygen atoms in total. The Labute approximate surface area is 166 Å². The molecular formula is C17H14N4O6S2. The van der Waals surface area contributed by atoms with Gasteiger partial charge in [-0.2, -0.15) is 16.8 Å². The largest absolute Gasteiger partial charge is 0.323 e. The monoisotopic (exact) mass is 434 g/mol. The smallest absolute Gasteiger partial charge is 0.295 e. The van der Waals surface area contributed by atoms with E-state index in [9.17, 15) is 25.9 Å². The molecule has 0 bridgehead atoms. The van der Waals surface area contributed by atoms with Crippen LogP contribution in [0.4, 0.5) is 5.95 Å². The zero-order valence-corrected chi connectivity index (χ0v) is 16.2. The van der Waals surface area contributed by atoms with Crippen LogP contribution in [-0.4, -0.2) is 40.9 Å². The lowest BCUT2D eigenvalue weighted by Crippen LogP contribution is -2.09. The van der Waals surface area contributed by atoms with Crippen LogP contribution in [0.5, 0.6) is 0 Å². The van der Waals surface area contributed by atoms with Crippen molar-refractivity contribution in [3.8, 4) is 0 Å². The van der Waals surface area contributed by atoms with Crippen LogP contribution in [-0.2, 0) is 20.2 Å². The van der Waals surface area contributed by atoms with Gasteiger partial charge in [0.25, 0.3) is 20.2 Å². The highest BCUT2D eigenvalue weighted by atomic mass is 32.2. The zero-order chi connectivity index (χ0) is 21.1. The number of anilines is 1. The van der Waals surface area contributed by atoms with E-state index in [1.54, 1.807) is 0 Å². The molecule has 0 aliphatic carbocycles. The minimum Gasteiger partial charge on any atom is -0.323 e. The van der Waals surface area contributed by atoms with E-state index in [1.165, 1.54) is 67.3 Å². The number of rotatable bonds is 6. The first-order valence-electron chi connectivity index (χ1n) is 7.90. The maximum atomic E-state index is 11.8. The van der Waals surface area contributed by atoms with Gasteiger partial charge < -0.3 is 5.32 Å². The molecular weight excluding hydrogens is 420 g/mol. The molecule has 0 amide bonds. The Morgan fingerprint density at radius 2 is 1.38 bits per heavy atom. The molecule has 3 aromatic rings. The molecule has 0 spiro atoms. The lowest BCUT2D eigenvalue weighted by Gasteiger charge is -2.14. The highest BCUT2D eigenvalue weighted by Gasteiger charge is 2.20. The summed E-state index contributed by atoms with van der Waals surface area (Å²) >= 11 is 0. The van der Waals surface area contributed by atoms with Crippen LogP contribution in [0.15, 0.2) is 71.0 Å². The molecule has 1 aromatic heterocycles. The second-order valence-corrected chi connectivity index (χ2v) is 8.41. The Bertz CT molecular complexity index is 1280. The van der Waals surface area contributed by atoms with Gasteiger partial charge in [-0.15, -0.1) is 0 Å². The molecule has 3 rings (SSSR count). The zero-order valence-electron chi connectivity index (χ0n) is 14.5. The summed E-state index contributed by atoms with van der Waals surface area (Å²) in [5.41, 5.74) is 0.151. The van der Waals surface area contributed by atoms with E-state index in [1.807, 2.05) is 0 Å². The van der Waals surface area contributed by atoms with Gasteiger partial charge in [0.05, 0.1) is 5.70 Å². The van der Waals surface area contributed by atoms with Crippen molar-refractivity contribution in [3.05, 3.63) is 72.3 Å². The quantitative estimate of drug-likeness (QED) is 0.386. The fraction of sp³-hybridized carbons (Fsp3) is 0. The summed E-state index contributed by atoms with van der Waals surface area (Å²) < 4.78 is 66.1. The van der Waals surface area contributed by atoms with Crippen LogP contribution in [0.2, 0.25) is 0 Å². The van der Waals surface area contributed by atoms with E-state index in [-0.39, 0.29) is 27.7 Å². The topological polar surface area (TPSA) is 159 Å². The van der Waals surface area contributed by atoms with Crippen LogP contribution >= 0.6 is 0 Å². The molecule has 12 heteroatoms. The van der Waals surface area contributed by atoms with Crippen molar-refractivity contribution in [3.63, 3.8) is 0 Å². The van der Waals surface area contributed by atoms with Crippen molar-refractivity contribution in [2.24, 2.45) is 0 Å². The van der Waals surface area contributed by atoms with Crippen LogP contribution < -0.4 is 5.32 Å². The van der Waals surface area contributed by atoms with Gasteiger partial charge in [-0.3, -0.25) is 9.11 Å². The van der Waals surface area contributed by atoms with Gasteiger partial charge in [0, 0.05) is 5.56 Å². The van der Waals surface area contributed by atoms with Gasteiger partial charge in [-0.05, 0) is 23.8 Å². The summed E-state index contributed by atoms with van der Waals surface area (Å²) in [7, 11) is -9.16. The molecule has 0 atom stereocenters. The van der Waals surface area contributed by atoms with Gasteiger partial charge in [0.1, 0.15) is 22.4 Å². The SMILES string of the molecule is O=S(=O)(O)c1ccccc1C=C(Nc1ncncn1)c1ccccc1S(=O)(=O)O. The normalized spacial score (nSPS) is 12.6. The van der Waals surface area contributed by atoms with Gasteiger partial charge in [-0.1, -0.05) is 36.4 Å². The first kappa shape index (κ1) is 20.5. The van der Waals surface area contributed by atoms with Crippen molar-refractivity contribution >= 4 is 38.0 Å². The highest BCUT2D eigenvalue weighted by Crippen LogP contribution is 2.27. The third kappa shape index (κ3) is 5.00. The third-order valence-electron chi connectivity index (χ3n) is 3.69. The maximum absolute atomic E-state index is 11.8. The molecule has 0 aliphatic heterocycles. The average Bonchev–Trinajstić information content (AvgIpc) is 2.67. The third-order valence-corrected chi connectivity index (χ3v) is 5.53. The average molecular weight is 434 g/mol. The molecule has 0 fully saturated rings. The number of hydrogen-bond donors (Lipinski definition) is 3. The second-order valence-electron chi connectivity index (χ2n) is 5.63. The van der Waals surface area contributed by atoms with E-state index >= 15 is 0 Å². The molecule has 3 N–H and O–H groups in total. The molecule has 150 valence electrons. The van der Waals surface area contributed by atoms with Crippen molar-refractivity contribution in [2.45, 2.75) is 9.79 Å². The second kappa shape index (κ2) is 8.05. The Morgan fingerprint density at radius 1 is 0.828 bits per heavy atom. The molecule has 2 aromatic carbocycles. The van der Waals surface area contributed by atoms with E-state index in [2.05, 4.69) is 20.3 Å². The van der Waals surface area contributed by atoms with Crippen molar-refractivity contribution in [1.82, 2.24) is 15.0 Å². The van der Waals surface area contributed by atoms with Gasteiger partial charge in [0.2, 0.25) is 5.95 Å². The number of nitrogens with zero attached hydrogens (tertiary/aromatic N) is 3. The lowest BCUT2D eigenvalue weighted by molar-refractivity contribution is 0.480. The van der Waals surface area contributed by atoms with E-state index in [0.717, 1.165) is 0 Å². The number of aromatic nitrogens is 3. The van der Waals surface area contributed by atoms with Crippen LogP contribution in [0.1, 0.15) is 11.1 Å². The fourth-order valence-corrected chi connectivity index (χ4v) is 3.89. The summed E-state index contributed by atoms with van der Waals surface area (Å²) in [4.78, 5) is 10.7. The molecule has 1 heterocycles. The minimum atomic E-state index is -4.60. The number of hydrogen-bond acceptors (Lipinski definition) is 8. The predicted molar refractivity (Wildman–Crippen MR) is 104 cm³/mol. The summed E-state index contributed by atoms with van der Waals surface area (Å²) in [6.07, 6.45) is 3.69. The number of nitrogens with one attached hydrogen (secondary N) is 1. The standard InChI is InChI=1S/C17H14N4O6S2/c22-28(23,24)15-7-3-1-5-12(15)9-14(21-17-19-10-18-11-20-17)13-6-2-4-8-16(13)29(25,26)27/h1-11H,(H,22,23,24)(H,25,26,27)(H,18,19,20,21). The van der Waals surface area contributed by atoms with E-state index < -0.39 is 25.1 Å². The van der Waals surface area contributed by atoms with Crippen LogP contribution in [0, 0.1) is 0 Å². The van der Waals surface area contributed by atoms with E-state index in [4.69, 9.17) is 0 Å². The Kier molecular flexibility index (Phi) is 5.70. The first-order valence-corrected chi connectivity index (χ1v) is 10.8. The summed E-state index contributed by atoms with van der Waals surface area (Å²) in [5, 5.41) is 2.78. The number of benzene rings is 2. The van der Waals surface area contributed by atoms with Crippen LogP contribution in [0.3, 0.4) is 0 Å². The minimum absolute atomic E-state index is 0.0283. The molecule has 0 radical (unpaired) electrons. The van der Waals surface area contributed by atoms with Crippen molar-refractivity contribution in [2.75, 3.05) is 5.32 Å². The molecule has 0 saturated heterocycles. The fourth-order valence-electron chi connectivity index (χ4n) is 2.51. The lowest BCUT2D eigenvalue weighted by atomic mass is 10.1. The molecule has 0 aliphatic rings. The highest BCUT2D eigenvalue weighted by molar-refractivity contribution is 7.86. The molecule has 29 heavy (non-hydrogen) atoms. The van der Waals surface area contributed by atoms with Crippen molar-refractivity contribution in [1.29, 1.82) is 0 Å². The van der Waals surface area contributed by atoms with Crippen molar-refractivity contribution < 1.29 is 25.9 Å². The first-order chi connectivity index (χ1) is 13.7.